The topological polar surface area (TPSA) is 76.2 Å². The van der Waals surface area contributed by atoms with Gasteiger partial charge in [0, 0.05) is 33.0 Å². The molecule has 5 aromatic rings. The van der Waals surface area contributed by atoms with Crippen LogP contribution in [0.4, 0.5) is 0 Å². The number of carboxylic acids is 1. The number of rotatable bonds is 6. The van der Waals surface area contributed by atoms with Crippen molar-refractivity contribution in [3.63, 3.8) is 0 Å². The molecule has 0 unspecified atom stereocenters. The summed E-state index contributed by atoms with van der Waals surface area (Å²) in [6.07, 6.45) is 0.600. The number of nitrogens with zero attached hydrogens (tertiary/aromatic N) is 2. The van der Waals surface area contributed by atoms with Crippen LogP contribution in [0.25, 0.3) is 33.0 Å². The molecule has 0 atom stereocenters. The van der Waals surface area contributed by atoms with Crippen LogP contribution in [-0.2, 0) is 23.1 Å². The van der Waals surface area contributed by atoms with Crippen LogP contribution in [0.2, 0.25) is 0 Å². The van der Waals surface area contributed by atoms with Crippen LogP contribution in [0.3, 0.4) is 0 Å². The summed E-state index contributed by atoms with van der Waals surface area (Å²) in [5.74, 6) is -0.0754. The lowest BCUT2D eigenvalue weighted by Crippen LogP contribution is -2.11. The molecule has 0 aliphatic heterocycles. The molecule has 3 aromatic heterocycles. The van der Waals surface area contributed by atoms with E-state index >= 15 is 0 Å². The fourth-order valence-electron chi connectivity index (χ4n) is 3.77. The number of carbonyl (C=O) groups is 1. The summed E-state index contributed by atoms with van der Waals surface area (Å²) in [4.78, 5) is 21.8. The molecule has 3 heterocycles. The number of aliphatic carboxylic acids is 1. The van der Waals surface area contributed by atoms with E-state index in [-0.39, 0.29) is 11.8 Å². The second-order valence-electron chi connectivity index (χ2n) is 9.26. The number of aromatic nitrogens is 2. The average molecular weight is 489 g/mol. The Morgan fingerprint density at radius 3 is 2.56 bits per heavy atom. The van der Waals surface area contributed by atoms with Crippen LogP contribution in [0.15, 0.2) is 64.4 Å². The summed E-state index contributed by atoms with van der Waals surface area (Å²) in [7, 11) is 0. The van der Waals surface area contributed by atoms with Crippen LogP contribution in [0.1, 0.15) is 41.9 Å². The number of benzene rings is 2. The molecular weight excluding hydrogens is 464 g/mol. The Morgan fingerprint density at radius 1 is 1.06 bits per heavy atom. The van der Waals surface area contributed by atoms with E-state index in [0.29, 0.717) is 6.42 Å². The molecule has 7 heteroatoms. The Kier molecular flexibility index (Phi) is 5.83. The maximum atomic E-state index is 11.4. The van der Waals surface area contributed by atoms with Crippen LogP contribution in [0, 0.1) is 0 Å². The van der Waals surface area contributed by atoms with Gasteiger partial charge in [-0.05, 0) is 23.8 Å². The standard InChI is InChI=1S/C27H24N2O3S2/c1-27(2,3)22-15-33-26(28-22)20-13-18-11-16(9-10-19(18)32-20)12-23-29-25(17-7-5-4-6-8-17)21(34-23)14-24(30)31/h4-11,13,15H,12,14H2,1-3H3,(H,30,31). The van der Waals surface area contributed by atoms with Gasteiger partial charge in [-0.2, -0.15) is 0 Å². The predicted octanol–water partition coefficient (Wildman–Crippen LogP) is 7.20. The molecule has 2 aromatic carbocycles. The molecule has 0 radical (unpaired) electrons. The molecule has 0 bridgehead atoms. The monoisotopic (exact) mass is 488 g/mol. The van der Waals surface area contributed by atoms with E-state index in [1.54, 1.807) is 11.3 Å². The zero-order valence-corrected chi connectivity index (χ0v) is 20.8. The molecule has 0 spiro atoms. The maximum absolute atomic E-state index is 11.4. The predicted molar refractivity (Wildman–Crippen MR) is 138 cm³/mol. The van der Waals surface area contributed by atoms with Crippen molar-refractivity contribution in [2.75, 3.05) is 0 Å². The Morgan fingerprint density at radius 2 is 1.85 bits per heavy atom. The lowest BCUT2D eigenvalue weighted by Gasteiger charge is -2.13. The molecule has 5 nitrogen and oxygen atoms in total. The fraction of sp³-hybridized carbons (Fsp3) is 0.222. The highest BCUT2D eigenvalue weighted by molar-refractivity contribution is 7.13. The van der Waals surface area contributed by atoms with Gasteiger partial charge in [0.25, 0.3) is 0 Å². The molecule has 1 N–H and O–H groups in total. The normalized spacial score (nSPS) is 11.9. The van der Waals surface area contributed by atoms with Crippen molar-refractivity contribution in [3.05, 3.63) is 81.1 Å². The second kappa shape index (κ2) is 8.81. The van der Waals surface area contributed by atoms with Crippen LogP contribution < -0.4 is 0 Å². The minimum absolute atomic E-state index is 0.000260. The number of thiazole rings is 2. The molecule has 5 rings (SSSR count). The van der Waals surface area contributed by atoms with E-state index in [1.165, 1.54) is 11.3 Å². The van der Waals surface area contributed by atoms with Crippen molar-refractivity contribution < 1.29 is 14.3 Å². The Balaban J connectivity index is 1.43. The first kappa shape index (κ1) is 22.5. The third-order valence-electron chi connectivity index (χ3n) is 5.52. The van der Waals surface area contributed by atoms with Gasteiger partial charge < -0.3 is 9.52 Å². The molecule has 0 aliphatic rings. The van der Waals surface area contributed by atoms with Crippen molar-refractivity contribution in [1.82, 2.24) is 9.97 Å². The van der Waals surface area contributed by atoms with Gasteiger partial charge in [0.15, 0.2) is 10.8 Å². The maximum Gasteiger partial charge on any atom is 0.308 e. The van der Waals surface area contributed by atoms with Gasteiger partial charge in [0.05, 0.1) is 22.8 Å². The molecule has 172 valence electrons. The van der Waals surface area contributed by atoms with Crippen LogP contribution in [0.5, 0.6) is 0 Å². The third kappa shape index (κ3) is 4.67. The van der Waals surface area contributed by atoms with E-state index in [0.717, 1.165) is 54.1 Å². The first-order chi connectivity index (χ1) is 16.3. The molecule has 34 heavy (non-hydrogen) atoms. The lowest BCUT2D eigenvalue weighted by molar-refractivity contribution is -0.136. The third-order valence-corrected chi connectivity index (χ3v) is 7.43. The first-order valence-corrected chi connectivity index (χ1v) is 12.7. The Bertz CT molecular complexity index is 1470. The van der Waals surface area contributed by atoms with Crippen molar-refractivity contribution >= 4 is 39.6 Å². The molecule has 0 amide bonds. The summed E-state index contributed by atoms with van der Waals surface area (Å²) in [6.45, 7) is 6.46. The summed E-state index contributed by atoms with van der Waals surface area (Å²) in [6, 6.07) is 17.9. The quantitative estimate of drug-likeness (QED) is 0.274. The highest BCUT2D eigenvalue weighted by Crippen LogP contribution is 2.34. The van der Waals surface area contributed by atoms with Crippen molar-refractivity contribution in [2.24, 2.45) is 0 Å². The largest absolute Gasteiger partial charge is 0.481 e. The molecule has 0 aliphatic carbocycles. The first-order valence-electron chi connectivity index (χ1n) is 11.0. The Labute approximate surface area is 205 Å². The zero-order chi connectivity index (χ0) is 23.9. The molecule has 0 fully saturated rings. The second-order valence-corrected chi connectivity index (χ2v) is 11.3. The Hall–Kier alpha value is -3.29. The number of hydrogen-bond acceptors (Lipinski definition) is 6. The SMILES string of the molecule is CC(C)(C)c1csc(-c2cc3cc(Cc4nc(-c5ccccc5)c(CC(=O)O)s4)ccc3o2)n1. The van der Waals surface area contributed by atoms with E-state index < -0.39 is 5.97 Å². The van der Waals surface area contributed by atoms with E-state index in [1.807, 2.05) is 48.5 Å². The smallest absolute Gasteiger partial charge is 0.308 e. The molecule has 0 saturated carbocycles. The summed E-state index contributed by atoms with van der Waals surface area (Å²) in [5, 5.41) is 14.3. The highest BCUT2D eigenvalue weighted by Gasteiger charge is 2.20. The minimum Gasteiger partial charge on any atom is -0.481 e. The zero-order valence-electron chi connectivity index (χ0n) is 19.2. The average Bonchev–Trinajstić information content (AvgIpc) is 3.51. The highest BCUT2D eigenvalue weighted by atomic mass is 32.1. The van der Waals surface area contributed by atoms with E-state index in [2.05, 4.69) is 32.2 Å². The molecular formula is C27H24N2O3S2. The van der Waals surface area contributed by atoms with Crippen LogP contribution >= 0.6 is 22.7 Å². The number of carboxylic acid groups (broad SMARTS) is 1. The summed E-state index contributed by atoms with van der Waals surface area (Å²) < 4.78 is 6.08. The van der Waals surface area contributed by atoms with Gasteiger partial charge in [-0.25, -0.2) is 9.97 Å². The van der Waals surface area contributed by atoms with Crippen molar-refractivity contribution in [1.29, 1.82) is 0 Å². The van der Waals surface area contributed by atoms with Crippen LogP contribution in [-0.4, -0.2) is 21.0 Å². The van der Waals surface area contributed by atoms with Gasteiger partial charge in [0.1, 0.15) is 5.58 Å². The molecule has 0 saturated heterocycles. The van der Waals surface area contributed by atoms with Gasteiger partial charge >= 0.3 is 5.97 Å². The van der Waals surface area contributed by atoms with Crippen molar-refractivity contribution in [3.8, 4) is 22.0 Å². The summed E-state index contributed by atoms with van der Waals surface area (Å²) in [5.41, 5.74) is 4.68. The van der Waals surface area contributed by atoms with Gasteiger partial charge in [0.2, 0.25) is 0 Å². The number of furan rings is 1. The minimum atomic E-state index is -0.850. The lowest BCUT2D eigenvalue weighted by atomic mass is 9.93. The van der Waals surface area contributed by atoms with Gasteiger partial charge in [-0.15, -0.1) is 22.7 Å². The van der Waals surface area contributed by atoms with Gasteiger partial charge in [-0.1, -0.05) is 57.2 Å². The van der Waals surface area contributed by atoms with E-state index in [4.69, 9.17) is 14.4 Å². The number of fused-ring (bicyclic) bond motifs is 1. The van der Waals surface area contributed by atoms with E-state index in [9.17, 15) is 9.90 Å². The fourth-order valence-corrected chi connectivity index (χ4v) is 5.88. The number of hydrogen-bond donors (Lipinski definition) is 1. The van der Waals surface area contributed by atoms with Crippen molar-refractivity contribution in [2.45, 2.75) is 39.0 Å². The van der Waals surface area contributed by atoms with Gasteiger partial charge in [-0.3, -0.25) is 4.79 Å². The summed E-state index contributed by atoms with van der Waals surface area (Å²) >= 11 is 3.06.